The third-order valence-electron chi connectivity index (χ3n) is 6.70. The molecule has 0 radical (unpaired) electrons. The first-order valence-electron chi connectivity index (χ1n) is 12.1. The molecule has 0 aromatic heterocycles. The highest BCUT2D eigenvalue weighted by Gasteiger charge is 2.40. The number of rotatable bonds is 7. The fraction of sp³-hybridized carbons (Fsp3) is 0.333. The number of non-ortho nitro benzene ring substituents is 1. The molecule has 2 fully saturated rings. The minimum Gasteiger partial charge on any atom is -0.491 e. The second-order valence-corrected chi connectivity index (χ2v) is 10.0. The van der Waals surface area contributed by atoms with Crippen molar-refractivity contribution >= 4 is 40.3 Å². The van der Waals surface area contributed by atoms with Crippen LogP contribution in [-0.4, -0.2) is 50.4 Å². The quantitative estimate of drug-likeness (QED) is 0.271. The first kappa shape index (κ1) is 25.6. The first-order chi connectivity index (χ1) is 17.8. The largest absolute Gasteiger partial charge is 0.491 e. The third-order valence-corrected chi connectivity index (χ3v) is 7.25. The number of piperazine rings is 1. The van der Waals surface area contributed by atoms with Crippen molar-refractivity contribution in [3.63, 3.8) is 0 Å². The van der Waals surface area contributed by atoms with E-state index >= 15 is 0 Å². The van der Waals surface area contributed by atoms with E-state index in [0.29, 0.717) is 23.3 Å². The number of hydrogen-bond donors (Lipinski definition) is 0. The molecule has 3 aromatic carbocycles. The van der Waals surface area contributed by atoms with Crippen molar-refractivity contribution in [2.24, 2.45) is 0 Å². The van der Waals surface area contributed by atoms with Gasteiger partial charge in [-0.25, -0.2) is 0 Å². The fourth-order valence-electron chi connectivity index (χ4n) is 4.67. The lowest BCUT2D eigenvalue weighted by Crippen LogP contribution is -2.46. The van der Waals surface area contributed by atoms with Gasteiger partial charge in [0.1, 0.15) is 18.5 Å². The average molecular weight is 544 g/mol. The molecule has 8 nitrogen and oxygen atoms in total. The molecule has 2 atom stereocenters. The van der Waals surface area contributed by atoms with Gasteiger partial charge < -0.3 is 24.0 Å². The summed E-state index contributed by atoms with van der Waals surface area (Å²) in [6, 6.07) is 20.0. The topological polar surface area (TPSA) is 77.3 Å². The maximum atomic E-state index is 10.9. The lowest BCUT2D eigenvalue weighted by atomic mass is 10.1. The first-order valence-corrected chi connectivity index (χ1v) is 12.8. The number of nitro benzene ring substituents is 1. The van der Waals surface area contributed by atoms with Crippen molar-refractivity contribution in [1.82, 2.24) is 0 Å². The van der Waals surface area contributed by atoms with Crippen LogP contribution in [0, 0.1) is 10.1 Å². The van der Waals surface area contributed by atoms with Crippen LogP contribution in [0.5, 0.6) is 5.75 Å². The van der Waals surface area contributed by atoms with E-state index < -0.39 is 5.79 Å². The van der Waals surface area contributed by atoms with Crippen LogP contribution in [0.25, 0.3) is 0 Å². The van der Waals surface area contributed by atoms with Gasteiger partial charge in [0.25, 0.3) is 5.69 Å². The van der Waals surface area contributed by atoms with Crippen molar-refractivity contribution in [1.29, 1.82) is 0 Å². The lowest BCUT2D eigenvalue weighted by Gasteiger charge is -2.37. The summed E-state index contributed by atoms with van der Waals surface area (Å²) in [6.45, 7) is 5.99. The molecule has 0 aliphatic carbocycles. The van der Waals surface area contributed by atoms with Crippen LogP contribution in [-0.2, 0) is 15.3 Å². The standard InChI is InChI=1S/C27H27Cl2N3O5/c1-27(25-11-2-19(28)16-26(25)29)36-18-24(37-27)17-35-23-9-7-21(8-10-23)31-14-12-30(13-15-31)20-3-5-22(6-4-20)32(33)34/h2-11,16,24H,12-15,17-18H2,1H3/t24-,27-/m1/s1. The van der Waals surface area contributed by atoms with E-state index in [0.717, 1.165) is 48.9 Å². The number of benzene rings is 3. The van der Waals surface area contributed by atoms with E-state index in [1.54, 1.807) is 24.3 Å². The fourth-order valence-corrected chi connectivity index (χ4v) is 5.25. The van der Waals surface area contributed by atoms with Crippen LogP contribution in [0.3, 0.4) is 0 Å². The van der Waals surface area contributed by atoms with Crippen molar-refractivity contribution < 1.29 is 19.1 Å². The van der Waals surface area contributed by atoms with Gasteiger partial charge in [0, 0.05) is 60.3 Å². The van der Waals surface area contributed by atoms with Gasteiger partial charge in [-0.3, -0.25) is 10.1 Å². The van der Waals surface area contributed by atoms with Crippen LogP contribution in [0.4, 0.5) is 17.1 Å². The Labute approximate surface area is 225 Å². The van der Waals surface area contributed by atoms with E-state index in [1.807, 2.05) is 37.3 Å². The summed E-state index contributed by atoms with van der Waals surface area (Å²) in [6.07, 6.45) is -0.232. The van der Waals surface area contributed by atoms with Gasteiger partial charge in [-0.1, -0.05) is 29.3 Å². The van der Waals surface area contributed by atoms with Crippen molar-refractivity contribution in [2.45, 2.75) is 18.8 Å². The Kier molecular flexibility index (Phi) is 7.44. The summed E-state index contributed by atoms with van der Waals surface area (Å²) in [4.78, 5) is 15.1. The second-order valence-electron chi connectivity index (χ2n) is 9.17. The number of halogens is 2. The number of hydrogen-bond acceptors (Lipinski definition) is 7. The van der Waals surface area contributed by atoms with Crippen LogP contribution < -0.4 is 14.5 Å². The molecule has 37 heavy (non-hydrogen) atoms. The summed E-state index contributed by atoms with van der Waals surface area (Å²) in [7, 11) is 0. The number of anilines is 2. The van der Waals surface area contributed by atoms with Crippen LogP contribution in [0.1, 0.15) is 12.5 Å². The molecule has 0 amide bonds. The Morgan fingerprint density at radius 1 is 0.973 bits per heavy atom. The van der Waals surface area contributed by atoms with Gasteiger partial charge in [-0.2, -0.15) is 0 Å². The molecule has 3 aromatic rings. The number of ether oxygens (including phenoxy) is 3. The average Bonchev–Trinajstić information content (AvgIpc) is 3.29. The summed E-state index contributed by atoms with van der Waals surface area (Å²) in [5.74, 6) is -0.189. The zero-order valence-corrected chi connectivity index (χ0v) is 21.8. The lowest BCUT2D eigenvalue weighted by molar-refractivity contribution is -0.384. The van der Waals surface area contributed by atoms with Gasteiger partial charge in [0.2, 0.25) is 0 Å². The third kappa shape index (κ3) is 5.78. The van der Waals surface area contributed by atoms with E-state index in [4.69, 9.17) is 37.4 Å². The van der Waals surface area contributed by atoms with Gasteiger partial charge in [-0.05, 0) is 55.5 Å². The molecular formula is C27H27Cl2N3O5. The molecule has 0 spiro atoms. The highest BCUT2D eigenvalue weighted by molar-refractivity contribution is 6.35. The molecule has 2 saturated heterocycles. The molecule has 5 rings (SSSR count). The minimum absolute atomic E-state index is 0.108. The van der Waals surface area contributed by atoms with Gasteiger partial charge in [-0.15, -0.1) is 0 Å². The summed E-state index contributed by atoms with van der Waals surface area (Å²) in [5, 5.41) is 11.9. The molecule has 0 bridgehead atoms. The van der Waals surface area contributed by atoms with E-state index in [-0.39, 0.29) is 16.7 Å². The van der Waals surface area contributed by atoms with Gasteiger partial charge >= 0.3 is 0 Å². The molecule has 2 aliphatic rings. The van der Waals surface area contributed by atoms with Crippen LogP contribution >= 0.6 is 23.2 Å². The molecule has 0 N–H and O–H groups in total. The van der Waals surface area contributed by atoms with Crippen molar-refractivity contribution in [3.8, 4) is 5.75 Å². The predicted octanol–water partition coefficient (Wildman–Crippen LogP) is 5.90. The van der Waals surface area contributed by atoms with Gasteiger partial charge in [0.05, 0.1) is 16.6 Å². The van der Waals surface area contributed by atoms with E-state index in [1.165, 1.54) is 0 Å². The molecule has 10 heteroatoms. The molecule has 2 aliphatic heterocycles. The highest BCUT2D eigenvalue weighted by atomic mass is 35.5. The normalized spacial score (nSPS) is 21.8. The van der Waals surface area contributed by atoms with Gasteiger partial charge in [0.15, 0.2) is 5.79 Å². The Morgan fingerprint density at radius 2 is 1.57 bits per heavy atom. The van der Waals surface area contributed by atoms with Crippen LogP contribution in [0.2, 0.25) is 10.0 Å². The van der Waals surface area contributed by atoms with E-state index in [2.05, 4.69) is 21.9 Å². The minimum atomic E-state index is -0.948. The second kappa shape index (κ2) is 10.8. The Morgan fingerprint density at radius 3 is 2.14 bits per heavy atom. The highest BCUT2D eigenvalue weighted by Crippen LogP contribution is 2.38. The summed E-state index contributed by atoms with van der Waals surface area (Å²) in [5.41, 5.74) is 2.97. The molecular weight excluding hydrogens is 517 g/mol. The van der Waals surface area contributed by atoms with Crippen molar-refractivity contribution in [3.05, 3.63) is 92.5 Å². The Bertz CT molecular complexity index is 1250. The number of nitrogens with zero attached hydrogens (tertiary/aromatic N) is 3. The smallest absolute Gasteiger partial charge is 0.269 e. The molecule has 194 valence electrons. The zero-order chi connectivity index (χ0) is 26.0. The zero-order valence-electron chi connectivity index (χ0n) is 20.3. The summed E-state index contributed by atoms with van der Waals surface area (Å²) < 4.78 is 18.1. The number of nitro groups is 1. The SMILES string of the molecule is C[C@@]1(c2ccc(Cl)cc2Cl)OC[C@@H](COc2ccc(N3CCN(c4ccc([N+](=O)[O-])cc4)CC3)cc2)O1. The molecule has 2 heterocycles. The maximum absolute atomic E-state index is 10.9. The van der Waals surface area contributed by atoms with Crippen LogP contribution in [0.15, 0.2) is 66.7 Å². The Hall–Kier alpha value is -3.04. The van der Waals surface area contributed by atoms with E-state index in [9.17, 15) is 10.1 Å². The maximum Gasteiger partial charge on any atom is 0.269 e. The molecule has 0 saturated carbocycles. The predicted molar refractivity (Wildman–Crippen MR) is 144 cm³/mol. The monoisotopic (exact) mass is 543 g/mol. The Balaban J connectivity index is 1.11. The summed E-state index contributed by atoms with van der Waals surface area (Å²) >= 11 is 12.4. The molecule has 0 unspecified atom stereocenters. The van der Waals surface area contributed by atoms with Crippen molar-refractivity contribution in [2.75, 3.05) is 49.2 Å².